The van der Waals surface area contributed by atoms with Crippen LogP contribution in [0.5, 0.6) is 0 Å². The molecule has 0 spiro atoms. The van der Waals surface area contributed by atoms with Gasteiger partial charge in [-0.05, 0) is 0 Å². The molecule has 26 valence electrons. The normalized spacial score (nSPS) is 4.50. The predicted octanol–water partition coefficient (Wildman–Crippen LogP) is -2.66. The van der Waals surface area contributed by atoms with Gasteiger partial charge in [0.2, 0.25) is 0 Å². The molecule has 0 amide bonds. The second-order valence-corrected chi connectivity index (χ2v) is 0.207. The van der Waals surface area contributed by atoms with Crippen molar-refractivity contribution < 1.29 is 20.6 Å². The molecule has 0 saturated carbocycles. The molecule has 2 nitrogen and oxygen atoms in total. The van der Waals surface area contributed by atoms with Gasteiger partial charge in [0.15, 0.2) is 0 Å². The summed E-state index contributed by atoms with van der Waals surface area (Å²) in [7, 11) is 0. The van der Waals surface area contributed by atoms with Gasteiger partial charge in [-0.2, -0.15) is 0 Å². The topological polar surface area (TPSA) is 43.3 Å². The van der Waals surface area contributed by atoms with Gasteiger partial charge in [-0.3, -0.25) is 0 Å². The molecule has 0 bridgehead atoms. The number of halogens is 1. The third-order valence-electron chi connectivity index (χ3n) is 0. The SMILES string of the molecule is [O-][Cl+]O.[SnH2]. The molecular formula is H3ClO2Sn. The summed E-state index contributed by atoms with van der Waals surface area (Å²) in [5.41, 5.74) is 0. The van der Waals surface area contributed by atoms with Crippen LogP contribution in [0, 0.1) is 11.3 Å². The summed E-state index contributed by atoms with van der Waals surface area (Å²) < 4.78 is 15.2. The minimum absolute atomic E-state index is 0. The summed E-state index contributed by atoms with van der Waals surface area (Å²) in [5.74, 6) is 0. The Balaban J connectivity index is 0. The van der Waals surface area contributed by atoms with Crippen molar-refractivity contribution in [3.8, 4) is 0 Å². The van der Waals surface area contributed by atoms with Crippen LogP contribution in [0.3, 0.4) is 0 Å². The van der Waals surface area contributed by atoms with Crippen LogP contribution in [0.1, 0.15) is 0 Å². The Kier molecular flexibility index (Phi) is 20.0. The van der Waals surface area contributed by atoms with Gasteiger partial charge < -0.3 is 4.66 Å². The molecule has 0 heterocycles. The van der Waals surface area contributed by atoms with E-state index in [1.807, 2.05) is 0 Å². The molecule has 0 aromatic heterocycles. The second-order valence-electron chi connectivity index (χ2n) is 0.0690. The van der Waals surface area contributed by atoms with Gasteiger partial charge >= 0.3 is 35.2 Å². The average Bonchev–Trinajstić information content (AvgIpc) is 0.918. The summed E-state index contributed by atoms with van der Waals surface area (Å²) in [6.45, 7) is 0. The predicted molar refractivity (Wildman–Crippen MR) is 10.8 cm³/mol. The molecule has 0 aromatic carbocycles. The maximum absolute atomic E-state index is 8.35. The molecule has 4 heteroatoms. The van der Waals surface area contributed by atoms with Gasteiger partial charge in [-0.15, -0.1) is 4.66 Å². The summed E-state index contributed by atoms with van der Waals surface area (Å²) >= 11 is -0.167. The average molecular weight is 189 g/mol. The summed E-state index contributed by atoms with van der Waals surface area (Å²) in [4.78, 5) is 0. The van der Waals surface area contributed by atoms with Crippen molar-refractivity contribution in [2.24, 2.45) is 0 Å². The molecule has 0 aliphatic carbocycles. The fraction of sp³-hybridized carbons (Fsp3) is 0. The van der Waals surface area contributed by atoms with Crippen molar-refractivity contribution in [2.75, 3.05) is 0 Å². The first-order chi connectivity index (χ1) is 1.41. The molecule has 0 saturated heterocycles. The Hall–Kier alpha value is 1.01. The van der Waals surface area contributed by atoms with Crippen LogP contribution in [0.2, 0.25) is 0 Å². The number of hydrogen-bond donors (Lipinski definition) is 1. The minimum atomic E-state index is -0.167. The maximum atomic E-state index is 8.35. The zero-order valence-corrected chi connectivity index (χ0v) is 6.73. The molecule has 0 aliphatic heterocycles. The molecule has 4 heavy (non-hydrogen) atoms. The van der Waals surface area contributed by atoms with Crippen LogP contribution in [-0.4, -0.2) is 28.6 Å². The van der Waals surface area contributed by atoms with Gasteiger partial charge in [-0.25, -0.2) is 0 Å². The van der Waals surface area contributed by atoms with E-state index in [2.05, 4.69) is 0 Å². The van der Waals surface area contributed by atoms with E-state index >= 15 is 0 Å². The monoisotopic (exact) mass is 190 g/mol. The van der Waals surface area contributed by atoms with E-state index in [4.69, 9.17) is 9.32 Å². The first-order valence-corrected chi connectivity index (χ1v) is 0.970. The van der Waals surface area contributed by atoms with Crippen LogP contribution in [0.25, 0.3) is 0 Å². The van der Waals surface area contributed by atoms with Crippen molar-refractivity contribution in [3.05, 3.63) is 0 Å². The quantitative estimate of drug-likeness (QED) is 0.423. The van der Waals surface area contributed by atoms with Crippen LogP contribution in [0.15, 0.2) is 0 Å². The van der Waals surface area contributed by atoms with Gasteiger partial charge in [0, 0.05) is 0 Å². The first kappa shape index (κ1) is 8.89. The standard InChI is InChI=1S/ClHO2.Sn.2H/c2-1-3;;;/h2H;;;. The van der Waals surface area contributed by atoms with E-state index in [1.54, 1.807) is 0 Å². The number of rotatable bonds is 0. The van der Waals surface area contributed by atoms with Crippen molar-refractivity contribution in [1.29, 1.82) is 0 Å². The van der Waals surface area contributed by atoms with E-state index < -0.39 is 0 Å². The van der Waals surface area contributed by atoms with Gasteiger partial charge in [0.25, 0.3) is 0 Å². The van der Waals surface area contributed by atoms with Crippen molar-refractivity contribution >= 4 is 23.9 Å². The molecule has 0 aliphatic rings. The molecule has 0 rings (SSSR count). The summed E-state index contributed by atoms with van der Waals surface area (Å²) in [5, 5.41) is 0. The fourth-order valence-corrected chi connectivity index (χ4v) is 0. The van der Waals surface area contributed by atoms with E-state index in [0.29, 0.717) is 0 Å². The Bertz CT molecular complexity index is 6.00. The van der Waals surface area contributed by atoms with E-state index in [9.17, 15) is 0 Å². The third kappa shape index (κ3) is 11.9. The van der Waals surface area contributed by atoms with E-state index in [-0.39, 0.29) is 35.2 Å². The summed E-state index contributed by atoms with van der Waals surface area (Å²) in [6, 6.07) is 0. The van der Waals surface area contributed by atoms with Gasteiger partial charge in [0.05, 0.1) is 0 Å². The fourth-order valence-electron chi connectivity index (χ4n) is 0. The molecule has 0 atom stereocenters. The first-order valence-electron chi connectivity index (χ1n) is 0.323. The van der Waals surface area contributed by atoms with Crippen LogP contribution >= 0.6 is 0 Å². The zero-order valence-electron chi connectivity index (χ0n) is 1.94. The zero-order chi connectivity index (χ0) is 2.71. The molecule has 1 N–H and O–H groups in total. The second kappa shape index (κ2) is 8.99. The number of hydrogen-bond acceptors (Lipinski definition) is 2. The molecule has 0 aromatic rings. The van der Waals surface area contributed by atoms with Crippen LogP contribution in [-0.2, 0) is 0 Å². The molecular weight excluding hydrogens is 186 g/mol. The Morgan fingerprint density at radius 1 is 1.75 bits per heavy atom. The Morgan fingerprint density at radius 3 is 1.75 bits per heavy atom. The van der Waals surface area contributed by atoms with Gasteiger partial charge in [-0.1, -0.05) is 0 Å². The van der Waals surface area contributed by atoms with E-state index in [1.165, 1.54) is 0 Å². The molecule has 2 radical (unpaired) electrons. The third-order valence-corrected chi connectivity index (χ3v) is 0. The van der Waals surface area contributed by atoms with Crippen LogP contribution in [0.4, 0.5) is 0 Å². The van der Waals surface area contributed by atoms with Crippen molar-refractivity contribution in [1.82, 2.24) is 0 Å². The molecule has 0 fully saturated rings. The van der Waals surface area contributed by atoms with Gasteiger partial charge in [0.1, 0.15) is 0 Å². The van der Waals surface area contributed by atoms with Crippen molar-refractivity contribution in [3.63, 3.8) is 0 Å². The Morgan fingerprint density at radius 2 is 1.75 bits per heavy atom. The Labute approximate surface area is 44.8 Å². The van der Waals surface area contributed by atoms with Crippen molar-refractivity contribution in [2.45, 2.75) is 0 Å². The molecule has 0 unspecified atom stereocenters. The van der Waals surface area contributed by atoms with Crippen LogP contribution < -0.4 is 4.66 Å². The summed E-state index contributed by atoms with van der Waals surface area (Å²) in [6.07, 6.45) is 0. The van der Waals surface area contributed by atoms with E-state index in [0.717, 1.165) is 0 Å².